The molecule has 0 saturated carbocycles. The van der Waals surface area contributed by atoms with Gasteiger partial charge in [-0.25, -0.2) is 4.68 Å². The Morgan fingerprint density at radius 3 is 2.71 bits per heavy atom. The molecular formula is C13H16ClN3. The lowest BCUT2D eigenvalue weighted by Crippen LogP contribution is -2.05. The Morgan fingerprint density at radius 2 is 2.12 bits per heavy atom. The lowest BCUT2D eigenvalue weighted by Gasteiger charge is -2.08. The van der Waals surface area contributed by atoms with Crippen LogP contribution in [0, 0.1) is 0 Å². The number of hydrogen-bond acceptors (Lipinski definition) is 2. The monoisotopic (exact) mass is 249 g/mol. The molecule has 0 atom stereocenters. The molecule has 0 aliphatic heterocycles. The Hall–Kier alpha value is -1.32. The summed E-state index contributed by atoms with van der Waals surface area (Å²) in [5.41, 5.74) is 8.78. The topological polar surface area (TPSA) is 43.8 Å². The molecule has 0 bridgehead atoms. The van der Waals surface area contributed by atoms with E-state index in [0.29, 0.717) is 17.5 Å². The molecule has 2 aromatic rings. The summed E-state index contributed by atoms with van der Waals surface area (Å²) in [4.78, 5) is 0. The number of benzene rings is 1. The minimum absolute atomic E-state index is 0.421. The molecular weight excluding hydrogens is 234 g/mol. The zero-order chi connectivity index (χ0) is 12.4. The molecule has 2 N–H and O–H groups in total. The first-order valence-corrected chi connectivity index (χ1v) is 6.04. The van der Waals surface area contributed by atoms with Gasteiger partial charge in [-0.15, -0.1) is 0 Å². The Kier molecular flexibility index (Phi) is 3.50. The highest BCUT2D eigenvalue weighted by Gasteiger charge is 2.08. The van der Waals surface area contributed by atoms with Crippen LogP contribution in [0.4, 0.5) is 0 Å². The van der Waals surface area contributed by atoms with Crippen LogP contribution < -0.4 is 5.73 Å². The minimum atomic E-state index is 0.421. The van der Waals surface area contributed by atoms with Crippen molar-refractivity contribution in [3.05, 3.63) is 46.7 Å². The maximum Gasteiger partial charge on any atom is 0.0691 e. The molecule has 2 rings (SSSR count). The van der Waals surface area contributed by atoms with Gasteiger partial charge in [-0.1, -0.05) is 25.4 Å². The number of halogens is 1. The maximum absolute atomic E-state index is 5.95. The molecule has 90 valence electrons. The zero-order valence-electron chi connectivity index (χ0n) is 10.0. The van der Waals surface area contributed by atoms with Crippen molar-refractivity contribution in [2.24, 2.45) is 5.73 Å². The highest BCUT2D eigenvalue weighted by molar-refractivity contribution is 6.30. The predicted molar refractivity (Wildman–Crippen MR) is 70.6 cm³/mol. The van der Waals surface area contributed by atoms with Crippen LogP contribution in [-0.4, -0.2) is 9.78 Å². The number of aromatic nitrogens is 2. The van der Waals surface area contributed by atoms with Crippen molar-refractivity contribution < 1.29 is 0 Å². The van der Waals surface area contributed by atoms with Gasteiger partial charge in [0.15, 0.2) is 0 Å². The summed E-state index contributed by atoms with van der Waals surface area (Å²) in [6.45, 7) is 4.70. The Morgan fingerprint density at radius 1 is 1.35 bits per heavy atom. The predicted octanol–water partition coefficient (Wildman–Crippen LogP) is 3.11. The van der Waals surface area contributed by atoms with Crippen molar-refractivity contribution >= 4 is 11.6 Å². The molecule has 0 aliphatic carbocycles. The van der Waals surface area contributed by atoms with Crippen LogP contribution in [0.15, 0.2) is 30.5 Å². The molecule has 1 aromatic heterocycles. The fourth-order valence-electron chi connectivity index (χ4n) is 1.72. The average molecular weight is 250 g/mol. The van der Waals surface area contributed by atoms with Gasteiger partial charge >= 0.3 is 0 Å². The van der Waals surface area contributed by atoms with E-state index in [4.69, 9.17) is 17.3 Å². The molecule has 0 unspecified atom stereocenters. The van der Waals surface area contributed by atoms with Crippen LogP contribution in [0.5, 0.6) is 0 Å². The smallest absolute Gasteiger partial charge is 0.0691 e. The van der Waals surface area contributed by atoms with E-state index in [1.165, 1.54) is 0 Å². The standard InChI is InChI=1S/C13H16ClN3/c1-9(2)12-5-6-17(16-12)13-4-3-11(14)7-10(13)8-15/h3-7,9H,8,15H2,1-2H3. The van der Waals surface area contributed by atoms with E-state index in [-0.39, 0.29) is 0 Å². The SMILES string of the molecule is CC(C)c1ccn(-c2ccc(Cl)cc2CN)n1. The fourth-order valence-corrected chi connectivity index (χ4v) is 1.92. The highest BCUT2D eigenvalue weighted by atomic mass is 35.5. The molecule has 0 fully saturated rings. The van der Waals surface area contributed by atoms with Gasteiger partial charge in [0.05, 0.1) is 11.4 Å². The van der Waals surface area contributed by atoms with Crippen molar-refractivity contribution in [1.29, 1.82) is 0 Å². The number of hydrogen-bond donors (Lipinski definition) is 1. The van der Waals surface area contributed by atoms with E-state index in [1.54, 1.807) is 0 Å². The summed E-state index contributed by atoms with van der Waals surface area (Å²) in [6, 6.07) is 7.71. The normalized spacial score (nSPS) is 11.1. The third-order valence-corrected chi connectivity index (χ3v) is 2.94. The number of nitrogens with zero attached hydrogens (tertiary/aromatic N) is 2. The quantitative estimate of drug-likeness (QED) is 0.908. The fraction of sp³-hybridized carbons (Fsp3) is 0.308. The van der Waals surface area contributed by atoms with Gasteiger partial charge in [0.2, 0.25) is 0 Å². The van der Waals surface area contributed by atoms with E-state index < -0.39 is 0 Å². The maximum atomic E-state index is 5.95. The van der Waals surface area contributed by atoms with E-state index in [0.717, 1.165) is 16.9 Å². The van der Waals surface area contributed by atoms with E-state index in [1.807, 2.05) is 35.1 Å². The summed E-state index contributed by atoms with van der Waals surface area (Å²) in [7, 11) is 0. The second kappa shape index (κ2) is 4.90. The van der Waals surface area contributed by atoms with Gasteiger partial charge in [0, 0.05) is 17.8 Å². The van der Waals surface area contributed by atoms with Crippen LogP contribution in [0.1, 0.15) is 31.0 Å². The van der Waals surface area contributed by atoms with Crippen molar-refractivity contribution in [3.63, 3.8) is 0 Å². The van der Waals surface area contributed by atoms with Crippen molar-refractivity contribution in [3.8, 4) is 5.69 Å². The molecule has 0 amide bonds. The highest BCUT2D eigenvalue weighted by Crippen LogP contribution is 2.20. The van der Waals surface area contributed by atoms with E-state index in [9.17, 15) is 0 Å². The van der Waals surface area contributed by atoms with Crippen LogP contribution in [0.3, 0.4) is 0 Å². The van der Waals surface area contributed by atoms with Gasteiger partial charge < -0.3 is 5.73 Å². The van der Waals surface area contributed by atoms with Crippen LogP contribution in [0.25, 0.3) is 5.69 Å². The molecule has 1 heterocycles. The molecule has 3 nitrogen and oxygen atoms in total. The molecule has 1 aromatic carbocycles. The second-order valence-corrected chi connectivity index (χ2v) is 4.75. The summed E-state index contributed by atoms with van der Waals surface area (Å²) >= 11 is 5.95. The Bertz CT molecular complexity index is 517. The molecule has 4 heteroatoms. The Balaban J connectivity index is 2.44. The third kappa shape index (κ3) is 2.51. The van der Waals surface area contributed by atoms with Gasteiger partial charge in [-0.3, -0.25) is 0 Å². The molecule has 0 aliphatic rings. The van der Waals surface area contributed by atoms with E-state index >= 15 is 0 Å². The first-order chi connectivity index (χ1) is 8.11. The summed E-state index contributed by atoms with van der Waals surface area (Å²) < 4.78 is 1.86. The van der Waals surface area contributed by atoms with Gasteiger partial charge in [0.25, 0.3) is 0 Å². The minimum Gasteiger partial charge on any atom is -0.326 e. The van der Waals surface area contributed by atoms with Gasteiger partial charge in [-0.2, -0.15) is 5.10 Å². The molecule has 0 radical (unpaired) electrons. The third-order valence-electron chi connectivity index (χ3n) is 2.71. The van der Waals surface area contributed by atoms with Gasteiger partial charge in [-0.05, 0) is 35.7 Å². The Labute approximate surface area is 106 Å². The second-order valence-electron chi connectivity index (χ2n) is 4.32. The van der Waals surface area contributed by atoms with Crippen molar-refractivity contribution in [1.82, 2.24) is 9.78 Å². The molecule has 0 saturated heterocycles. The zero-order valence-corrected chi connectivity index (χ0v) is 10.8. The van der Waals surface area contributed by atoms with Crippen LogP contribution in [0.2, 0.25) is 5.02 Å². The van der Waals surface area contributed by atoms with Gasteiger partial charge in [0.1, 0.15) is 0 Å². The first kappa shape index (κ1) is 12.1. The van der Waals surface area contributed by atoms with Crippen molar-refractivity contribution in [2.75, 3.05) is 0 Å². The lowest BCUT2D eigenvalue weighted by atomic mass is 10.1. The van der Waals surface area contributed by atoms with Crippen LogP contribution >= 0.6 is 11.6 Å². The lowest BCUT2D eigenvalue weighted by molar-refractivity contribution is 0.763. The van der Waals surface area contributed by atoms with E-state index in [2.05, 4.69) is 18.9 Å². The first-order valence-electron chi connectivity index (χ1n) is 5.66. The van der Waals surface area contributed by atoms with Crippen molar-refractivity contribution in [2.45, 2.75) is 26.3 Å². The summed E-state index contributed by atoms with van der Waals surface area (Å²) in [5, 5.41) is 5.24. The molecule has 0 spiro atoms. The number of nitrogens with two attached hydrogens (primary N) is 1. The summed E-state index contributed by atoms with van der Waals surface area (Å²) in [6.07, 6.45) is 1.96. The molecule has 17 heavy (non-hydrogen) atoms. The number of rotatable bonds is 3. The summed E-state index contributed by atoms with van der Waals surface area (Å²) in [5.74, 6) is 0.421. The average Bonchev–Trinajstić information content (AvgIpc) is 2.78. The largest absolute Gasteiger partial charge is 0.326 e. The van der Waals surface area contributed by atoms with Crippen LogP contribution in [-0.2, 0) is 6.54 Å².